The highest BCUT2D eigenvalue weighted by molar-refractivity contribution is 5.71. The van der Waals surface area contributed by atoms with Crippen molar-refractivity contribution in [3.05, 3.63) is 12.2 Å². The Labute approximate surface area is 392 Å². The van der Waals surface area contributed by atoms with E-state index in [0.717, 1.165) is 64.2 Å². The Kier molecular flexibility index (Phi) is 51.2. The smallest absolute Gasteiger partial charge is 0.306 e. The fourth-order valence-corrected chi connectivity index (χ4v) is 8.49. The van der Waals surface area contributed by atoms with Crippen LogP contribution < -0.4 is 0 Å². The number of rotatable bonds is 52. The quantitative estimate of drug-likeness (QED) is 0.0262. The first-order valence-electron chi connectivity index (χ1n) is 28.2. The van der Waals surface area contributed by atoms with Gasteiger partial charge in [0.1, 0.15) is 13.2 Å². The Balaban J connectivity index is 4.21. The summed E-state index contributed by atoms with van der Waals surface area (Å²) in [6.07, 6.45) is 59.2. The van der Waals surface area contributed by atoms with Gasteiger partial charge in [-0.3, -0.25) is 14.4 Å². The predicted molar refractivity (Wildman–Crippen MR) is 270 cm³/mol. The fraction of sp³-hybridized carbons (Fsp3) is 0.912. The van der Waals surface area contributed by atoms with Crippen molar-refractivity contribution in [1.82, 2.24) is 0 Å². The van der Waals surface area contributed by atoms with Gasteiger partial charge in [0.15, 0.2) is 6.10 Å². The third-order valence-electron chi connectivity index (χ3n) is 12.8. The van der Waals surface area contributed by atoms with Gasteiger partial charge in [-0.1, -0.05) is 270 Å². The van der Waals surface area contributed by atoms with Gasteiger partial charge in [0.05, 0.1) is 0 Å². The van der Waals surface area contributed by atoms with Gasteiger partial charge in [-0.15, -0.1) is 0 Å². The maximum absolute atomic E-state index is 12.8. The van der Waals surface area contributed by atoms with Gasteiger partial charge in [-0.2, -0.15) is 0 Å². The molecule has 0 aliphatic carbocycles. The van der Waals surface area contributed by atoms with Crippen LogP contribution in [0.15, 0.2) is 12.2 Å². The van der Waals surface area contributed by atoms with E-state index in [0.29, 0.717) is 19.3 Å². The zero-order valence-electron chi connectivity index (χ0n) is 42.6. The molecule has 0 N–H and O–H groups in total. The van der Waals surface area contributed by atoms with E-state index in [4.69, 9.17) is 14.2 Å². The first-order valence-corrected chi connectivity index (χ1v) is 28.2. The molecule has 0 aliphatic heterocycles. The number of ether oxygens (including phenoxy) is 3. The highest BCUT2D eigenvalue weighted by Crippen LogP contribution is 2.17. The van der Waals surface area contributed by atoms with E-state index < -0.39 is 6.10 Å². The van der Waals surface area contributed by atoms with Crippen molar-refractivity contribution in [3.8, 4) is 0 Å². The zero-order valence-corrected chi connectivity index (χ0v) is 42.6. The van der Waals surface area contributed by atoms with Crippen LogP contribution in [0, 0.1) is 0 Å². The number of carbonyl (C=O) groups is 3. The Morgan fingerprint density at radius 2 is 0.540 bits per heavy atom. The Morgan fingerprint density at radius 1 is 0.302 bits per heavy atom. The van der Waals surface area contributed by atoms with Crippen LogP contribution in [0.3, 0.4) is 0 Å². The van der Waals surface area contributed by atoms with Crippen molar-refractivity contribution in [2.24, 2.45) is 0 Å². The molecular formula is C57H108O6. The molecule has 372 valence electrons. The summed E-state index contributed by atoms with van der Waals surface area (Å²) in [7, 11) is 0. The van der Waals surface area contributed by atoms with Gasteiger partial charge in [0, 0.05) is 19.3 Å². The molecule has 1 atom stereocenters. The summed E-state index contributed by atoms with van der Waals surface area (Å²) in [5.74, 6) is -0.857. The molecule has 63 heavy (non-hydrogen) atoms. The third kappa shape index (κ3) is 51.0. The number of allylic oxidation sites excluding steroid dienone is 2. The van der Waals surface area contributed by atoms with Crippen molar-refractivity contribution in [1.29, 1.82) is 0 Å². The van der Waals surface area contributed by atoms with Gasteiger partial charge < -0.3 is 14.2 Å². The molecule has 0 rings (SSSR count). The maximum Gasteiger partial charge on any atom is 0.306 e. The average Bonchev–Trinajstić information content (AvgIpc) is 3.28. The van der Waals surface area contributed by atoms with E-state index in [1.165, 1.54) is 212 Å². The number of carbonyl (C=O) groups excluding carboxylic acids is 3. The van der Waals surface area contributed by atoms with E-state index in [1.807, 2.05) is 0 Å². The largest absolute Gasteiger partial charge is 0.462 e. The summed E-state index contributed by atoms with van der Waals surface area (Å²) in [5.41, 5.74) is 0. The summed E-state index contributed by atoms with van der Waals surface area (Å²) < 4.78 is 16.8. The lowest BCUT2D eigenvalue weighted by Crippen LogP contribution is -2.30. The molecule has 0 fully saturated rings. The minimum absolute atomic E-state index is 0.0678. The number of esters is 3. The minimum Gasteiger partial charge on any atom is -0.462 e. The van der Waals surface area contributed by atoms with Crippen molar-refractivity contribution in [2.45, 2.75) is 322 Å². The molecule has 0 aromatic heterocycles. The summed E-state index contributed by atoms with van der Waals surface area (Å²) >= 11 is 0. The van der Waals surface area contributed by atoms with Crippen LogP contribution in [-0.4, -0.2) is 37.2 Å². The summed E-state index contributed by atoms with van der Waals surface area (Å²) in [5, 5.41) is 0. The Bertz CT molecular complexity index is 978. The SMILES string of the molecule is CCCC/C=C\CCCCCCCC(=O)O[C@@H](COC(=O)CCCCCCCCCCCCCCC)COC(=O)CCCCCCCCCCCCCCCCCCCCCCC. The first-order chi connectivity index (χ1) is 31.0. The molecule has 0 bridgehead atoms. The highest BCUT2D eigenvalue weighted by atomic mass is 16.6. The second-order valence-electron chi connectivity index (χ2n) is 19.2. The molecule has 0 unspecified atom stereocenters. The monoisotopic (exact) mass is 889 g/mol. The molecule has 0 saturated carbocycles. The second-order valence-corrected chi connectivity index (χ2v) is 19.2. The maximum atomic E-state index is 12.8. The summed E-state index contributed by atoms with van der Waals surface area (Å²) in [6.45, 7) is 6.64. The summed E-state index contributed by atoms with van der Waals surface area (Å²) in [6, 6.07) is 0. The van der Waals surface area contributed by atoms with E-state index >= 15 is 0 Å². The van der Waals surface area contributed by atoms with Crippen LogP contribution in [0.4, 0.5) is 0 Å². The van der Waals surface area contributed by atoms with Crippen LogP contribution in [0.25, 0.3) is 0 Å². The Morgan fingerprint density at radius 3 is 0.841 bits per heavy atom. The zero-order chi connectivity index (χ0) is 45.8. The van der Waals surface area contributed by atoms with Crippen LogP contribution in [0.2, 0.25) is 0 Å². The molecule has 0 radical (unpaired) electrons. The fourth-order valence-electron chi connectivity index (χ4n) is 8.49. The van der Waals surface area contributed by atoms with Crippen LogP contribution >= 0.6 is 0 Å². The number of hydrogen-bond donors (Lipinski definition) is 0. The normalized spacial score (nSPS) is 12.0. The lowest BCUT2D eigenvalue weighted by Gasteiger charge is -2.18. The minimum atomic E-state index is -0.767. The first kappa shape index (κ1) is 61.1. The van der Waals surface area contributed by atoms with Crippen LogP contribution in [0.1, 0.15) is 316 Å². The van der Waals surface area contributed by atoms with Gasteiger partial charge >= 0.3 is 17.9 Å². The third-order valence-corrected chi connectivity index (χ3v) is 12.8. The molecule has 0 amide bonds. The summed E-state index contributed by atoms with van der Waals surface area (Å²) in [4.78, 5) is 38.0. The molecule has 6 heteroatoms. The molecule has 0 aromatic rings. The molecule has 0 spiro atoms. The lowest BCUT2D eigenvalue weighted by atomic mass is 10.0. The van der Waals surface area contributed by atoms with E-state index in [-0.39, 0.29) is 31.1 Å². The van der Waals surface area contributed by atoms with Gasteiger partial charge in [0.25, 0.3) is 0 Å². The topological polar surface area (TPSA) is 78.9 Å². The van der Waals surface area contributed by atoms with E-state index in [1.54, 1.807) is 0 Å². The molecule has 0 saturated heterocycles. The standard InChI is InChI=1S/C57H108O6/c1-4-7-10-13-16-19-22-24-25-26-27-28-29-30-31-33-36-38-41-44-47-50-56(59)62-53-54(63-57(60)51-48-45-42-39-34-21-18-15-12-9-6-3)52-61-55(58)49-46-43-40-37-35-32-23-20-17-14-11-8-5-2/h15,18,54H,4-14,16-17,19-53H2,1-3H3/b18-15-/t54-/m0/s1. The second kappa shape index (κ2) is 52.8. The van der Waals surface area contributed by atoms with Gasteiger partial charge in [-0.25, -0.2) is 0 Å². The number of hydrogen-bond acceptors (Lipinski definition) is 6. The molecule has 0 aliphatic rings. The molecular weight excluding hydrogens is 781 g/mol. The van der Waals surface area contributed by atoms with Crippen LogP contribution in [0.5, 0.6) is 0 Å². The predicted octanol–water partition coefficient (Wildman–Crippen LogP) is 18.5. The highest BCUT2D eigenvalue weighted by Gasteiger charge is 2.19. The Hall–Kier alpha value is -1.85. The van der Waals surface area contributed by atoms with Crippen LogP contribution in [-0.2, 0) is 28.6 Å². The average molecular weight is 889 g/mol. The van der Waals surface area contributed by atoms with Crippen molar-refractivity contribution in [3.63, 3.8) is 0 Å². The molecule has 0 heterocycles. The van der Waals surface area contributed by atoms with Crippen molar-refractivity contribution < 1.29 is 28.6 Å². The van der Waals surface area contributed by atoms with E-state index in [2.05, 4.69) is 32.9 Å². The van der Waals surface area contributed by atoms with E-state index in [9.17, 15) is 14.4 Å². The lowest BCUT2D eigenvalue weighted by molar-refractivity contribution is -0.167. The van der Waals surface area contributed by atoms with Crippen molar-refractivity contribution in [2.75, 3.05) is 13.2 Å². The van der Waals surface area contributed by atoms with Gasteiger partial charge in [-0.05, 0) is 38.5 Å². The number of unbranched alkanes of at least 4 members (excludes halogenated alkanes) is 39. The molecule has 6 nitrogen and oxygen atoms in total. The van der Waals surface area contributed by atoms with Gasteiger partial charge in [0.2, 0.25) is 0 Å². The van der Waals surface area contributed by atoms with Crippen molar-refractivity contribution >= 4 is 17.9 Å². The molecule has 0 aromatic carbocycles.